The minimum atomic E-state index is 0.259. The van der Waals surface area contributed by atoms with Gasteiger partial charge in [-0.3, -0.25) is 0 Å². The largest absolute Gasteiger partial charge is 0.378 e. The van der Waals surface area contributed by atoms with Crippen molar-refractivity contribution in [3.63, 3.8) is 0 Å². The number of nitrogens with two attached hydrogens (primary N) is 1. The highest BCUT2D eigenvalue weighted by Crippen LogP contribution is 2.11. The van der Waals surface area contributed by atoms with Crippen LogP contribution in [0, 0.1) is 0 Å². The Morgan fingerprint density at radius 3 is 2.53 bits per heavy atom. The lowest BCUT2D eigenvalue weighted by Crippen LogP contribution is -2.20. The normalized spacial score (nSPS) is 10.7. The van der Waals surface area contributed by atoms with E-state index >= 15 is 0 Å². The van der Waals surface area contributed by atoms with E-state index in [4.69, 9.17) is 10.5 Å². The zero-order valence-corrected chi connectivity index (χ0v) is 11.9. The summed E-state index contributed by atoms with van der Waals surface area (Å²) in [5, 5.41) is 6.27. The van der Waals surface area contributed by atoms with E-state index in [9.17, 15) is 0 Å². The summed E-state index contributed by atoms with van der Waals surface area (Å²) in [4.78, 5) is 10.3. The Kier molecular flexibility index (Phi) is 6.91. The fraction of sp³-hybridized carbons (Fsp3) is 0.667. The Hall–Kier alpha value is -1.60. The van der Waals surface area contributed by atoms with Crippen molar-refractivity contribution in [2.75, 3.05) is 63.3 Å². The maximum Gasteiger partial charge on any atom is 0.223 e. The van der Waals surface area contributed by atoms with Crippen LogP contribution in [0.15, 0.2) is 6.07 Å². The van der Waals surface area contributed by atoms with Gasteiger partial charge in [-0.1, -0.05) is 0 Å². The second-order valence-electron chi connectivity index (χ2n) is 4.37. The maximum atomic E-state index is 5.64. The number of likely N-dealkylation sites (N-methyl/N-ethyl adjacent to an activating group) is 1. The van der Waals surface area contributed by atoms with Crippen molar-refractivity contribution in [2.24, 2.45) is 0 Å². The fourth-order valence-corrected chi connectivity index (χ4v) is 1.43. The molecule has 1 aromatic rings. The first-order valence-corrected chi connectivity index (χ1v) is 6.46. The quantitative estimate of drug-likeness (QED) is 0.561. The van der Waals surface area contributed by atoms with Crippen LogP contribution in [0.5, 0.6) is 0 Å². The topological polar surface area (TPSA) is 88.3 Å². The van der Waals surface area contributed by atoms with E-state index in [1.54, 1.807) is 0 Å². The molecule has 0 aliphatic carbocycles. The maximum absolute atomic E-state index is 5.64. The van der Waals surface area contributed by atoms with Gasteiger partial charge in [0.05, 0.1) is 13.2 Å². The lowest BCUT2D eigenvalue weighted by Gasteiger charge is -2.11. The van der Waals surface area contributed by atoms with Gasteiger partial charge in [-0.15, -0.1) is 0 Å². The third-order valence-corrected chi connectivity index (χ3v) is 2.34. The fourth-order valence-electron chi connectivity index (χ4n) is 1.43. The van der Waals surface area contributed by atoms with Crippen LogP contribution in [-0.4, -0.2) is 61.8 Å². The van der Waals surface area contributed by atoms with Gasteiger partial charge in [0.25, 0.3) is 0 Å². The summed E-state index contributed by atoms with van der Waals surface area (Å²) < 4.78 is 5.48. The second-order valence-corrected chi connectivity index (χ2v) is 4.37. The Balaban J connectivity index is 2.28. The summed E-state index contributed by atoms with van der Waals surface area (Å²) in [6, 6.07) is 1.83. The average Bonchev–Trinajstić information content (AvgIpc) is 2.33. The zero-order valence-electron chi connectivity index (χ0n) is 11.9. The van der Waals surface area contributed by atoms with Gasteiger partial charge in [0.2, 0.25) is 5.95 Å². The third kappa shape index (κ3) is 6.78. The molecule has 4 N–H and O–H groups in total. The van der Waals surface area contributed by atoms with Crippen LogP contribution < -0.4 is 16.4 Å². The van der Waals surface area contributed by atoms with Gasteiger partial charge in [-0.2, -0.15) is 9.97 Å². The smallest absolute Gasteiger partial charge is 0.223 e. The molecule has 1 rings (SSSR count). The van der Waals surface area contributed by atoms with Crippen molar-refractivity contribution < 1.29 is 4.74 Å². The van der Waals surface area contributed by atoms with E-state index in [2.05, 4.69) is 25.5 Å². The third-order valence-electron chi connectivity index (χ3n) is 2.34. The molecule has 0 saturated heterocycles. The van der Waals surface area contributed by atoms with Crippen molar-refractivity contribution in [3.05, 3.63) is 6.07 Å². The molecule has 0 bridgehead atoms. The van der Waals surface area contributed by atoms with Gasteiger partial charge in [0, 0.05) is 25.7 Å². The molecule has 108 valence electrons. The number of aromatic nitrogens is 2. The van der Waals surface area contributed by atoms with Crippen LogP contribution in [-0.2, 0) is 4.74 Å². The molecule has 7 heteroatoms. The summed E-state index contributed by atoms with van der Waals surface area (Å²) in [6.07, 6.45) is 0. The van der Waals surface area contributed by atoms with Crippen LogP contribution in [0.3, 0.4) is 0 Å². The highest BCUT2D eigenvalue weighted by Gasteiger charge is 2.01. The van der Waals surface area contributed by atoms with Gasteiger partial charge in [-0.05, 0) is 21.0 Å². The Labute approximate surface area is 114 Å². The zero-order chi connectivity index (χ0) is 14.1. The second kappa shape index (κ2) is 8.49. The number of rotatable bonds is 9. The first-order chi connectivity index (χ1) is 9.11. The lowest BCUT2D eigenvalue weighted by atomic mass is 10.5. The van der Waals surface area contributed by atoms with Crippen LogP contribution in [0.4, 0.5) is 17.6 Å². The first-order valence-electron chi connectivity index (χ1n) is 6.46. The Morgan fingerprint density at radius 1 is 1.21 bits per heavy atom. The van der Waals surface area contributed by atoms with E-state index in [1.807, 2.05) is 27.1 Å². The predicted molar refractivity (Wildman–Crippen MR) is 78.5 cm³/mol. The van der Waals surface area contributed by atoms with Gasteiger partial charge in [-0.25, -0.2) is 0 Å². The van der Waals surface area contributed by atoms with Gasteiger partial charge in [0.15, 0.2) is 0 Å². The molecule has 19 heavy (non-hydrogen) atoms. The number of nitrogens with zero attached hydrogens (tertiary/aromatic N) is 3. The number of ether oxygens (including phenoxy) is 1. The van der Waals surface area contributed by atoms with Crippen LogP contribution in [0.2, 0.25) is 0 Å². The minimum absolute atomic E-state index is 0.259. The molecule has 0 unspecified atom stereocenters. The average molecular weight is 268 g/mol. The molecule has 0 fully saturated rings. The monoisotopic (exact) mass is 268 g/mol. The molecule has 1 heterocycles. The van der Waals surface area contributed by atoms with Crippen molar-refractivity contribution in [1.82, 2.24) is 14.9 Å². The molecule has 0 aliphatic heterocycles. The molecular weight excluding hydrogens is 244 g/mol. The SMILES string of the molecule is CCNc1cc(NCCOCCN(C)C)nc(N)n1. The molecule has 0 radical (unpaired) electrons. The van der Waals surface area contributed by atoms with Gasteiger partial charge >= 0.3 is 0 Å². The number of hydrogen-bond acceptors (Lipinski definition) is 7. The van der Waals surface area contributed by atoms with Crippen molar-refractivity contribution in [3.8, 4) is 0 Å². The summed E-state index contributed by atoms with van der Waals surface area (Å²) in [7, 11) is 4.04. The number of hydrogen-bond donors (Lipinski definition) is 3. The van der Waals surface area contributed by atoms with Crippen LogP contribution in [0.25, 0.3) is 0 Å². The van der Waals surface area contributed by atoms with E-state index in [1.165, 1.54) is 0 Å². The molecule has 0 atom stereocenters. The minimum Gasteiger partial charge on any atom is -0.378 e. The standard InChI is InChI=1S/C12H24N6O/c1-4-14-10-9-11(17-12(13)16-10)15-5-7-19-8-6-18(2)3/h9H,4-8H2,1-3H3,(H4,13,14,15,16,17). The number of nitrogens with one attached hydrogen (secondary N) is 2. The summed E-state index contributed by atoms with van der Waals surface area (Å²) in [6.45, 7) is 5.77. The van der Waals surface area contributed by atoms with E-state index in [0.717, 1.165) is 25.5 Å². The van der Waals surface area contributed by atoms with Crippen LogP contribution in [0.1, 0.15) is 6.92 Å². The molecule has 0 aromatic carbocycles. The Morgan fingerprint density at radius 2 is 1.89 bits per heavy atom. The molecule has 0 amide bonds. The molecule has 0 aliphatic rings. The molecule has 1 aromatic heterocycles. The van der Waals surface area contributed by atoms with Crippen molar-refractivity contribution in [1.29, 1.82) is 0 Å². The van der Waals surface area contributed by atoms with Gasteiger partial charge in [0.1, 0.15) is 11.6 Å². The van der Waals surface area contributed by atoms with Gasteiger partial charge < -0.3 is 26.0 Å². The highest BCUT2D eigenvalue weighted by atomic mass is 16.5. The van der Waals surface area contributed by atoms with Crippen LogP contribution >= 0.6 is 0 Å². The van der Waals surface area contributed by atoms with Crippen molar-refractivity contribution in [2.45, 2.75) is 6.92 Å². The Bertz CT molecular complexity index is 371. The molecule has 0 saturated carbocycles. The summed E-state index contributed by atoms with van der Waals surface area (Å²) >= 11 is 0. The summed E-state index contributed by atoms with van der Waals surface area (Å²) in [5.41, 5.74) is 5.64. The van der Waals surface area contributed by atoms with E-state index in [-0.39, 0.29) is 5.95 Å². The first kappa shape index (κ1) is 15.5. The predicted octanol–water partition coefficient (Wildman–Crippen LogP) is 0.481. The van der Waals surface area contributed by atoms with E-state index < -0.39 is 0 Å². The van der Waals surface area contributed by atoms with Crippen molar-refractivity contribution >= 4 is 17.6 Å². The number of nitrogen functional groups attached to an aromatic ring is 1. The number of anilines is 3. The highest BCUT2D eigenvalue weighted by molar-refractivity contribution is 5.50. The van der Waals surface area contributed by atoms with E-state index in [0.29, 0.717) is 19.0 Å². The lowest BCUT2D eigenvalue weighted by molar-refractivity contribution is 0.126. The molecule has 0 spiro atoms. The molecular formula is C12H24N6O. The molecule has 7 nitrogen and oxygen atoms in total. The summed E-state index contributed by atoms with van der Waals surface area (Å²) in [5.74, 6) is 1.69.